The zero-order valence-corrected chi connectivity index (χ0v) is 17.2. The van der Waals surface area contributed by atoms with Gasteiger partial charge in [-0.2, -0.15) is 4.31 Å². The lowest BCUT2D eigenvalue weighted by molar-refractivity contribution is 0.175. The maximum atomic E-state index is 13.2. The molecule has 1 N–H and O–H groups in total. The number of aliphatic hydroxyl groups is 1. The van der Waals surface area contributed by atoms with Crippen molar-refractivity contribution in [3.63, 3.8) is 0 Å². The Morgan fingerprint density at radius 1 is 1.07 bits per heavy atom. The molecule has 2 aromatic rings. The highest BCUT2D eigenvalue weighted by molar-refractivity contribution is 7.89. The zero-order chi connectivity index (χ0) is 19.9. The van der Waals surface area contributed by atoms with E-state index in [1.165, 1.54) is 16.4 Å². The van der Waals surface area contributed by atoms with Crippen LogP contribution in [0.2, 0.25) is 5.02 Å². The molecule has 0 heterocycles. The van der Waals surface area contributed by atoms with Crippen LogP contribution >= 0.6 is 11.6 Å². The van der Waals surface area contributed by atoms with Crippen LogP contribution in [0.15, 0.2) is 65.6 Å². The Labute approximate surface area is 167 Å². The Bertz CT molecular complexity index is 833. The number of halogens is 1. The van der Waals surface area contributed by atoms with Gasteiger partial charge in [0.25, 0.3) is 0 Å². The van der Waals surface area contributed by atoms with Gasteiger partial charge in [-0.3, -0.25) is 0 Å². The molecule has 1 atom stereocenters. The lowest BCUT2D eigenvalue weighted by Crippen LogP contribution is -2.43. The van der Waals surface area contributed by atoms with Crippen molar-refractivity contribution < 1.29 is 13.5 Å². The normalized spacial score (nSPS) is 13.6. The zero-order valence-electron chi connectivity index (χ0n) is 15.6. The van der Waals surface area contributed by atoms with E-state index >= 15 is 0 Å². The molecule has 0 spiro atoms. The highest BCUT2D eigenvalue weighted by Gasteiger charge is 2.30. The molecule has 0 aromatic heterocycles. The molecule has 2 aromatic carbocycles. The SMILES string of the molecule is CC(C)CC(CO)N(CC=Cc1ccccc1)S(=O)(=O)c1ccc(Cl)cc1. The minimum atomic E-state index is -3.77. The molecule has 0 aliphatic rings. The average molecular weight is 408 g/mol. The average Bonchev–Trinajstić information content (AvgIpc) is 2.64. The Balaban J connectivity index is 2.33. The lowest BCUT2D eigenvalue weighted by Gasteiger charge is -2.30. The fourth-order valence-corrected chi connectivity index (χ4v) is 4.57. The van der Waals surface area contributed by atoms with Gasteiger partial charge in [0.2, 0.25) is 10.0 Å². The van der Waals surface area contributed by atoms with Gasteiger partial charge in [0.15, 0.2) is 0 Å². The van der Waals surface area contributed by atoms with Crippen molar-refractivity contribution >= 4 is 27.7 Å². The summed E-state index contributed by atoms with van der Waals surface area (Å²) in [5, 5.41) is 10.3. The standard InChI is InChI=1S/C21H26ClNO3S/c1-17(2)15-20(16-24)23(14-6-9-18-7-4-3-5-8-18)27(25,26)21-12-10-19(22)11-13-21/h3-13,17,20,24H,14-16H2,1-2H3. The van der Waals surface area contributed by atoms with Crippen LogP contribution in [0.3, 0.4) is 0 Å². The van der Waals surface area contributed by atoms with Crippen LogP contribution in [0.4, 0.5) is 0 Å². The monoisotopic (exact) mass is 407 g/mol. The van der Waals surface area contributed by atoms with Gasteiger partial charge in [-0.05, 0) is 42.2 Å². The van der Waals surface area contributed by atoms with Crippen molar-refractivity contribution in [2.75, 3.05) is 13.2 Å². The first-order valence-electron chi connectivity index (χ1n) is 8.94. The first-order chi connectivity index (χ1) is 12.8. The van der Waals surface area contributed by atoms with E-state index in [-0.39, 0.29) is 24.0 Å². The minimum absolute atomic E-state index is 0.169. The first-order valence-corrected chi connectivity index (χ1v) is 10.8. The summed E-state index contributed by atoms with van der Waals surface area (Å²) >= 11 is 5.89. The van der Waals surface area contributed by atoms with Crippen molar-refractivity contribution in [1.29, 1.82) is 0 Å². The molecule has 6 heteroatoms. The van der Waals surface area contributed by atoms with Gasteiger partial charge in [0.1, 0.15) is 0 Å². The topological polar surface area (TPSA) is 57.6 Å². The summed E-state index contributed by atoms with van der Waals surface area (Å²) in [4.78, 5) is 0.169. The summed E-state index contributed by atoms with van der Waals surface area (Å²) in [5.74, 6) is 0.253. The largest absolute Gasteiger partial charge is 0.395 e. The molecule has 1 unspecified atom stereocenters. The van der Waals surface area contributed by atoms with Crippen LogP contribution in [0.5, 0.6) is 0 Å². The van der Waals surface area contributed by atoms with Gasteiger partial charge >= 0.3 is 0 Å². The molecule has 0 bridgehead atoms. The molecule has 0 saturated carbocycles. The molecule has 0 fully saturated rings. The number of benzene rings is 2. The number of hydrogen-bond donors (Lipinski definition) is 1. The summed E-state index contributed by atoms with van der Waals surface area (Å²) in [6, 6.07) is 15.3. The number of aliphatic hydroxyl groups excluding tert-OH is 1. The predicted octanol–water partition coefficient (Wildman–Crippen LogP) is 4.45. The third kappa shape index (κ3) is 6.18. The Kier molecular flexibility index (Phi) is 8.05. The number of nitrogens with zero attached hydrogens (tertiary/aromatic N) is 1. The molecular weight excluding hydrogens is 382 g/mol. The highest BCUT2D eigenvalue weighted by atomic mass is 35.5. The molecule has 27 heavy (non-hydrogen) atoms. The van der Waals surface area contributed by atoms with Crippen LogP contribution in [0.1, 0.15) is 25.8 Å². The van der Waals surface area contributed by atoms with Crippen molar-refractivity contribution in [1.82, 2.24) is 4.31 Å². The molecule has 146 valence electrons. The first kappa shape index (κ1) is 21.6. The van der Waals surface area contributed by atoms with Crippen LogP contribution in [0.25, 0.3) is 6.08 Å². The summed E-state index contributed by atoms with van der Waals surface area (Å²) in [6.45, 7) is 3.97. The third-order valence-corrected chi connectivity index (χ3v) is 6.36. The summed E-state index contributed by atoms with van der Waals surface area (Å²) in [7, 11) is -3.77. The van der Waals surface area contributed by atoms with Gasteiger partial charge in [-0.15, -0.1) is 0 Å². The maximum Gasteiger partial charge on any atom is 0.243 e. The Morgan fingerprint density at radius 2 is 1.70 bits per heavy atom. The second-order valence-electron chi connectivity index (χ2n) is 6.81. The van der Waals surface area contributed by atoms with Crippen LogP contribution in [0, 0.1) is 5.92 Å². The van der Waals surface area contributed by atoms with E-state index in [0.717, 1.165) is 5.56 Å². The van der Waals surface area contributed by atoms with Gasteiger partial charge in [0.05, 0.1) is 11.5 Å². The molecule has 0 amide bonds. The molecule has 2 rings (SSSR count). The third-order valence-electron chi connectivity index (χ3n) is 4.18. The second-order valence-corrected chi connectivity index (χ2v) is 9.13. The van der Waals surface area contributed by atoms with Crippen molar-refractivity contribution in [3.05, 3.63) is 71.3 Å². The highest BCUT2D eigenvalue weighted by Crippen LogP contribution is 2.23. The van der Waals surface area contributed by atoms with Crippen LogP contribution < -0.4 is 0 Å². The van der Waals surface area contributed by atoms with E-state index in [2.05, 4.69) is 0 Å². The molecular formula is C21H26ClNO3S. The van der Waals surface area contributed by atoms with E-state index in [1.54, 1.807) is 12.1 Å². The van der Waals surface area contributed by atoms with Crippen molar-refractivity contribution in [2.24, 2.45) is 5.92 Å². The fourth-order valence-electron chi connectivity index (χ4n) is 2.87. The summed E-state index contributed by atoms with van der Waals surface area (Å²) < 4.78 is 27.8. The van der Waals surface area contributed by atoms with Gasteiger partial charge < -0.3 is 5.11 Å². The van der Waals surface area contributed by atoms with E-state index in [0.29, 0.717) is 11.4 Å². The van der Waals surface area contributed by atoms with E-state index in [1.807, 2.05) is 56.3 Å². The number of hydrogen-bond acceptors (Lipinski definition) is 3. The molecule has 0 aliphatic carbocycles. The van der Waals surface area contributed by atoms with Crippen molar-refractivity contribution in [2.45, 2.75) is 31.2 Å². The molecule has 4 nitrogen and oxygen atoms in total. The lowest BCUT2D eigenvalue weighted by atomic mass is 10.0. The fraction of sp³-hybridized carbons (Fsp3) is 0.333. The van der Waals surface area contributed by atoms with Crippen LogP contribution in [-0.2, 0) is 10.0 Å². The van der Waals surface area contributed by atoms with Gasteiger partial charge in [0, 0.05) is 17.6 Å². The number of sulfonamides is 1. The smallest absolute Gasteiger partial charge is 0.243 e. The van der Waals surface area contributed by atoms with Gasteiger partial charge in [-0.25, -0.2) is 8.42 Å². The summed E-state index contributed by atoms with van der Waals surface area (Å²) in [5.41, 5.74) is 0.991. The second kappa shape index (κ2) is 10.0. The van der Waals surface area contributed by atoms with Gasteiger partial charge in [-0.1, -0.05) is 67.9 Å². The Morgan fingerprint density at radius 3 is 2.26 bits per heavy atom. The van der Waals surface area contributed by atoms with E-state index < -0.39 is 16.1 Å². The molecule has 0 radical (unpaired) electrons. The quantitative estimate of drug-likeness (QED) is 0.668. The minimum Gasteiger partial charge on any atom is -0.395 e. The molecule has 0 aliphatic heterocycles. The van der Waals surface area contributed by atoms with Crippen LogP contribution in [-0.4, -0.2) is 37.0 Å². The van der Waals surface area contributed by atoms with Crippen molar-refractivity contribution in [3.8, 4) is 0 Å². The summed E-state index contributed by atoms with van der Waals surface area (Å²) in [6.07, 6.45) is 4.27. The number of rotatable bonds is 9. The van der Waals surface area contributed by atoms with E-state index in [9.17, 15) is 13.5 Å². The molecule has 0 saturated heterocycles. The predicted molar refractivity (Wildman–Crippen MR) is 111 cm³/mol. The Hall–Kier alpha value is -1.66. The van der Waals surface area contributed by atoms with E-state index in [4.69, 9.17) is 11.6 Å². The maximum absolute atomic E-state index is 13.2.